The zero-order chi connectivity index (χ0) is 15.2. The second-order valence-electron chi connectivity index (χ2n) is 5.11. The average Bonchev–Trinajstić information content (AvgIpc) is 2.47. The molecule has 0 radical (unpaired) electrons. The molecule has 0 bridgehead atoms. The van der Waals surface area contributed by atoms with Crippen LogP contribution in [0.3, 0.4) is 0 Å². The molecular weight excluding hydrogens is 292 g/mol. The molecule has 1 aliphatic rings. The molecule has 21 heavy (non-hydrogen) atoms. The van der Waals surface area contributed by atoms with Gasteiger partial charge in [-0.1, -0.05) is 11.6 Å². The summed E-state index contributed by atoms with van der Waals surface area (Å²) in [4.78, 5) is 12.0. The Morgan fingerprint density at radius 1 is 1.57 bits per heavy atom. The van der Waals surface area contributed by atoms with Crippen molar-refractivity contribution < 1.29 is 14.3 Å². The van der Waals surface area contributed by atoms with Crippen LogP contribution in [0.2, 0.25) is 5.02 Å². The van der Waals surface area contributed by atoms with Crippen molar-refractivity contribution in [3.63, 3.8) is 0 Å². The van der Waals surface area contributed by atoms with Crippen LogP contribution in [0, 0.1) is 5.92 Å². The number of anilines is 2. The molecule has 0 spiro atoms. The lowest BCUT2D eigenvalue weighted by atomic mass is 10.0. The molecule has 1 aromatic carbocycles. The van der Waals surface area contributed by atoms with Crippen LogP contribution in [0.1, 0.15) is 30.1 Å². The molecule has 1 saturated heterocycles. The molecule has 2 rings (SSSR count). The average molecular weight is 313 g/mol. The van der Waals surface area contributed by atoms with E-state index >= 15 is 0 Å². The normalized spacial score (nSPS) is 18.3. The summed E-state index contributed by atoms with van der Waals surface area (Å²) in [6.07, 6.45) is 2.17. The van der Waals surface area contributed by atoms with E-state index in [9.17, 15) is 4.79 Å². The summed E-state index contributed by atoms with van der Waals surface area (Å²) >= 11 is 6.22. The van der Waals surface area contributed by atoms with Gasteiger partial charge in [-0.2, -0.15) is 0 Å². The summed E-state index contributed by atoms with van der Waals surface area (Å²) < 4.78 is 10.5. The van der Waals surface area contributed by atoms with Gasteiger partial charge in [0.25, 0.3) is 0 Å². The first-order valence-corrected chi connectivity index (χ1v) is 7.57. The van der Waals surface area contributed by atoms with E-state index in [4.69, 9.17) is 26.8 Å². The number of carbonyl (C=O) groups excluding carboxylic acids is 1. The van der Waals surface area contributed by atoms with Gasteiger partial charge in [0, 0.05) is 18.8 Å². The van der Waals surface area contributed by atoms with Crippen molar-refractivity contribution in [3.8, 4) is 0 Å². The van der Waals surface area contributed by atoms with Gasteiger partial charge in [-0.15, -0.1) is 0 Å². The van der Waals surface area contributed by atoms with Gasteiger partial charge < -0.3 is 20.5 Å². The van der Waals surface area contributed by atoms with Gasteiger partial charge in [0.2, 0.25) is 0 Å². The van der Waals surface area contributed by atoms with Gasteiger partial charge in [0.05, 0.1) is 29.5 Å². The minimum absolute atomic E-state index is 0.307. The van der Waals surface area contributed by atoms with Crippen molar-refractivity contribution in [2.45, 2.75) is 19.8 Å². The van der Waals surface area contributed by atoms with Crippen molar-refractivity contribution in [2.24, 2.45) is 5.92 Å². The first-order chi connectivity index (χ1) is 10.1. The summed E-state index contributed by atoms with van der Waals surface area (Å²) in [7, 11) is 0. The highest BCUT2D eigenvalue weighted by Gasteiger charge is 2.19. The van der Waals surface area contributed by atoms with E-state index in [1.807, 2.05) is 0 Å². The summed E-state index contributed by atoms with van der Waals surface area (Å²) in [5.41, 5.74) is 7.15. The SMILES string of the molecule is CCOC(=O)c1cc(N)cc(Cl)c1NCC1CCCOC1. The maximum absolute atomic E-state index is 12.0. The van der Waals surface area contributed by atoms with Crippen LogP contribution in [-0.4, -0.2) is 32.3 Å². The van der Waals surface area contributed by atoms with Crippen LogP contribution in [0.5, 0.6) is 0 Å². The predicted octanol–water partition coefficient (Wildman–Crippen LogP) is 2.94. The molecular formula is C15H21ClN2O3. The number of esters is 1. The van der Waals surface area contributed by atoms with Crippen molar-refractivity contribution in [1.82, 2.24) is 0 Å². The maximum Gasteiger partial charge on any atom is 0.340 e. The third kappa shape index (κ3) is 4.25. The molecule has 0 saturated carbocycles. The van der Waals surface area contributed by atoms with Crippen LogP contribution >= 0.6 is 11.6 Å². The van der Waals surface area contributed by atoms with Crippen LogP contribution in [0.15, 0.2) is 12.1 Å². The lowest BCUT2D eigenvalue weighted by Crippen LogP contribution is -2.25. The van der Waals surface area contributed by atoms with E-state index in [2.05, 4.69) is 5.32 Å². The predicted molar refractivity (Wildman–Crippen MR) is 83.9 cm³/mol. The van der Waals surface area contributed by atoms with Gasteiger partial charge in [-0.25, -0.2) is 4.79 Å². The molecule has 3 N–H and O–H groups in total. The molecule has 1 atom stereocenters. The highest BCUT2D eigenvalue weighted by Crippen LogP contribution is 2.30. The molecule has 1 unspecified atom stereocenters. The summed E-state index contributed by atoms with van der Waals surface area (Å²) in [5, 5.41) is 3.68. The van der Waals surface area contributed by atoms with Crippen LogP contribution in [0.25, 0.3) is 0 Å². The standard InChI is InChI=1S/C15H21ClN2O3/c1-2-21-15(19)12-6-11(17)7-13(16)14(12)18-8-10-4-3-5-20-9-10/h6-7,10,18H,2-5,8-9,17H2,1H3. The largest absolute Gasteiger partial charge is 0.462 e. The Morgan fingerprint density at radius 2 is 2.38 bits per heavy atom. The number of nitrogens with one attached hydrogen (secondary N) is 1. The Morgan fingerprint density at radius 3 is 3.05 bits per heavy atom. The molecule has 1 aromatic rings. The monoisotopic (exact) mass is 312 g/mol. The number of nitrogens with two attached hydrogens (primary N) is 1. The number of nitrogen functional groups attached to an aromatic ring is 1. The fourth-order valence-electron chi connectivity index (χ4n) is 2.39. The molecule has 1 fully saturated rings. The Kier molecular flexibility index (Phi) is 5.70. The van der Waals surface area contributed by atoms with E-state index < -0.39 is 5.97 Å². The number of rotatable bonds is 5. The molecule has 5 nitrogen and oxygen atoms in total. The number of ether oxygens (including phenoxy) is 2. The number of benzene rings is 1. The first-order valence-electron chi connectivity index (χ1n) is 7.19. The smallest absolute Gasteiger partial charge is 0.340 e. The van der Waals surface area contributed by atoms with Crippen molar-refractivity contribution in [1.29, 1.82) is 0 Å². The van der Waals surface area contributed by atoms with E-state index in [-0.39, 0.29) is 0 Å². The first kappa shape index (κ1) is 15.9. The Bertz CT molecular complexity index is 502. The third-order valence-corrected chi connectivity index (χ3v) is 3.73. The Labute approximate surface area is 129 Å². The molecule has 1 aliphatic heterocycles. The fraction of sp³-hybridized carbons (Fsp3) is 0.533. The van der Waals surface area contributed by atoms with Crippen molar-refractivity contribution in [2.75, 3.05) is 37.4 Å². The molecule has 116 valence electrons. The van der Waals surface area contributed by atoms with Gasteiger partial charge in [0.1, 0.15) is 0 Å². The van der Waals surface area contributed by atoms with Gasteiger partial charge in [-0.05, 0) is 37.8 Å². The molecule has 6 heteroatoms. The van der Waals surface area contributed by atoms with E-state index in [1.54, 1.807) is 19.1 Å². The van der Waals surface area contributed by atoms with Gasteiger partial charge >= 0.3 is 5.97 Å². The number of hydrogen-bond donors (Lipinski definition) is 2. The van der Waals surface area contributed by atoms with Gasteiger partial charge in [0.15, 0.2) is 0 Å². The number of hydrogen-bond acceptors (Lipinski definition) is 5. The summed E-state index contributed by atoms with van der Waals surface area (Å²) in [5.74, 6) is -0.00323. The zero-order valence-corrected chi connectivity index (χ0v) is 12.9. The van der Waals surface area contributed by atoms with Crippen LogP contribution in [-0.2, 0) is 9.47 Å². The quantitative estimate of drug-likeness (QED) is 0.646. The lowest BCUT2D eigenvalue weighted by Gasteiger charge is -2.23. The lowest BCUT2D eigenvalue weighted by molar-refractivity contribution is 0.0527. The Balaban J connectivity index is 2.14. The highest BCUT2D eigenvalue weighted by atomic mass is 35.5. The van der Waals surface area contributed by atoms with Crippen molar-refractivity contribution >= 4 is 28.9 Å². The van der Waals surface area contributed by atoms with Gasteiger partial charge in [-0.3, -0.25) is 0 Å². The van der Waals surface area contributed by atoms with E-state index in [0.29, 0.717) is 41.0 Å². The van der Waals surface area contributed by atoms with Crippen LogP contribution in [0.4, 0.5) is 11.4 Å². The third-order valence-electron chi connectivity index (χ3n) is 3.43. The zero-order valence-electron chi connectivity index (χ0n) is 12.2. The minimum atomic E-state index is -0.422. The molecule has 0 aliphatic carbocycles. The fourth-order valence-corrected chi connectivity index (χ4v) is 2.69. The van der Waals surface area contributed by atoms with E-state index in [0.717, 1.165) is 26.1 Å². The number of carbonyl (C=O) groups is 1. The number of halogens is 1. The molecule has 1 heterocycles. The van der Waals surface area contributed by atoms with E-state index in [1.165, 1.54) is 0 Å². The molecule has 0 aromatic heterocycles. The van der Waals surface area contributed by atoms with Crippen molar-refractivity contribution in [3.05, 3.63) is 22.7 Å². The molecule has 0 amide bonds. The second kappa shape index (κ2) is 7.52. The highest BCUT2D eigenvalue weighted by molar-refractivity contribution is 6.34. The maximum atomic E-state index is 12.0. The topological polar surface area (TPSA) is 73.6 Å². The summed E-state index contributed by atoms with van der Waals surface area (Å²) in [6, 6.07) is 3.22. The van der Waals surface area contributed by atoms with Crippen LogP contribution < -0.4 is 11.1 Å². The Hall–Kier alpha value is -1.46. The minimum Gasteiger partial charge on any atom is -0.462 e. The summed E-state index contributed by atoms with van der Waals surface area (Å²) in [6.45, 7) is 4.33. The second-order valence-corrected chi connectivity index (χ2v) is 5.52.